The van der Waals surface area contributed by atoms with E-state index in [1.807, 2.05) is 84.9 Å². The number of benzene rings is 5. The molecule has 5 nitrogen and oxygen atoms in total. The first-order valence-corrected chi connectivity index (χ1v) is 14.1. The van der Waals surface area contributed by atoms with E-state index in [-0.39, 0.29) is 5.57 Å². The maximum absolute atomic E-state index is 9.85. The molecular formula is C38H31N3O2. The Labute approximate surface area is 252 Å². The topological polar surface area (TPSA) is 91.3 Å². The Bertz CT molecular complexity index is 1680. The van der Waals surface area contributed by atoms with Crippen LogP contribution in [0.25, 0.3) is 28.3 Å². The van der Waals surface area contributed by atoms with Crippen molar-refractivity contribution < 1.29 is 10.2 Å². The van der Waals surface area contributed by atoms with E-state index in [2.05, 4.69) is 53.4 Å². The standard InChI is InChI=1S/C38H31N3O2/c1-26(42)30-5-9-32(10-6-30)34-13-19-37(20-14-34)41(36-17-3-28(4-18-36)23-29(24-39)25-40)38-21-15-35(16-22-38)33-11-7-31(8-12-33)27(2)43/h3-23,26-27,42-43H,1-2H3. The van der Waals surface area contributed by atoms with Crippen LogP contribution < -0.4 is 4.90 Å². The number of anilines is 3. The van der Waals surface area contributed by atoms with Gasteiger partial charge in [-0.15, -0.1) is 0 Å². The lowest BCUT2D eigenvalue weighted by atomic mass is 10.0. The molecule has 2 atom stereocenters. The zero-order chi connectivity index (χ0) is 30.3. The molecule has 2 N–H and O–H groups in total. The van der Waals surface area contributed by atoms with Gasteiger partial charge in [0.15, 0.2) is 0 Å². The quantitative estimate of drug-likeness (QED) is 0.184. The van der Waals surface area contributed by atoms with E-state index in [9.17, 15) is 10.2 Å². The maximum atomic E-state index is 9.85. The van der Waals surface area contributed by atoms with Crippen molar-refractivity contribution in [3.8, 4) is 34.4 Å². The molecule has 5 rings (SSSR count). The van der Waals surface area contributed by atoms with Crippen LogP contribution >= 0.6 is 0 Å². The van der Waals surface area contributed by atoms with Crippen LogP contribution in [0.4, 0.5) is 17.1 Å². The predicted molar refractivity (Wildman–Crippen MR) is 172 cm³/mol. The third-order valence-corrected chi connectivity index (χ3v) is 7.41. The molecule has 5 aromatic rings. The summed E-state index contributed by atoms with van der Waals surface area (Å²) in [5.74, 6) is 0. The summed E-state index contributed by atoms with van der Waals surface area (Å²) in [6.45, 7) is 3.51. The zero-order valence-corrected chi connectivity index (χ0v) is 24.0. The molecule has 0 saturated carbocycles. The molecule has 0 saturated heterocycles. The first-order chi connectivity index (χ1) is 20.9. The van der Waals surface area contributed by atoms with Gasteiger partial charge in [-0.05, 0) is 95.3 Å². The summed E-state index contributed by atoms with van der Waals surface area (Å²) in [5.41, 5.74) is 9.71. The molecule has 5 heteroatoms. The number of hydrogen-bond donors (Lipinski definition) is 2. The van der Waals surface area contributed by atoms with E-state index in [1.165, 1.54) is 0 Å². The van der Waals surface area contributed by atoms with Crippen molar-refractivity contribution >= 4 is 23.1 Å². The van der Waals surface area contributed by atoms with E-state index in [0.29, 0.717) is 0 Å². The maximum Gasteiger partial charge on any atom is 0.130 e. The number of rotatable bonds is 8. The Kier molecular flexibility index (Phi) is 8.79. The Balaban J connectivity index is 1.50. The molecule has 0 fully saturated rings. The molecular weight excluding hydrogens is 530 g/mol. The number of nitrogens with zero attached hydrogens (tertiary/aromatic N) is 3. The molecule has 0 amide bonds. The number of allylic oxidation sites excluding steroid dienone is 1. The monoisotopic (exact) mass is 561 g/mol. The fraction of sp³-hybridized carbons (Fsp3) is 0.105. The van der Waals surface area contributed by atoms with Crippen LogP contribution in [-0.4, -0.2) is 10.2 Å². The summed E-state index contributed by atoms with van der Waals surface area (Å²) >= 11 is 0. The summed E-state index contributed by atoms with van der Waals surface area (Å²) < 4.78 is 0. The predicted octanol–water partition coefficient (Wildman–Crippen LogP) is 9.03. The van der Waals surface area contributed by atoms with E-state index >= 15 is 0 Å². The highest BCUT2D eigenvalue weighted by molar-refractivity contribution is 5.80. The van der Waals surface area contributed by atoms with Gasteiger partial charge < -0.3 is 15.1 Å². The first-order valence-electron chi connectivity index (χ1n) is 14.1. The second-order valence-electron chi connectivity index (χ2n) is 10.4. The summed E-state index contributed by atoms with van der Waals surface area (Å²) in [4.78, 5) is 2.16. The van der Waals surface area contributed by atoms with Crippen molar-refractivity contribution in [1.29, 1.82) is 10.5 Å². The van der Waals surface area contributed by atoms with Crippen LogP contribution in [0.15, 0.2) is 127 Å². The summed E-state index contributed by atoms with van der Waals surface area (Å²) in [6.07, 6.45) is 0.560. The molecule has 0 aliphatic heterocycles. The zero-order valence-electron chi connectivity index (χ0n) is 24.0. The Morgan fingerprint density at radius 3 is 1.14 bits per heavy atom. The Morgan fingerprint density at radius 2 is 0.837 bits per heavy atom. The molecule has 0 aliphatic rings. The highest BCUT2D eigenvalue weighted by atomic mass is 16.3. The first kappa shape index (κ1) is 29.0. The van der Waals surface area contributed by atoms with Crippen LogP contribution in [0.3, 0.4) is 0 Å². The van der Waals surface area contributed by atoms with Crippen LogP contribution in [0.1, 0.15) is 42.7 Å². The summed E-state index contributed by atoms with van der Waals surface area (Å²) in [7, 11) is 0. The number of aliphatic hydroxyl groups excluding tert-OH is 2. The molecule has 0 aliphatic carbocycles. The number of nitriles is 2. The van der Waals surface area contributed by atoms with Crippen LogP contribution in [0.5, 0.6) is 0 Å². The number of hydrogen-bond acceptors (Lipinski definition) is 5. The molecule has 0 bridgehead atoms. The van der Waals surface area contributed by atoms with E-state index in [4.69, 9.17) is 10.5 Å². The molecule has 5 aromatic carbocycles. The lowest BCUT2D eigenvalue weighted by molar-refractivity contribution is 0.199. The Hall–Kier alpha value is -5.46. The Morgan fingerprint density at radius 1 is 0.535 bits per heavy atom. The number of aliphatic hydroxyl groups is 2. The SMILES string of the molecule is CC(O)c1ccc(-c2ccc(N(c3ccc(C=C(C#N)C#N)cc3)c3ccc(-c4ccc(C(C)O)cc4)cc3)cc2)cc1. The molecule has 43 heavy (non-hydrogen) atoms. The minimum absolute atomic E-state index is 0.0544. The minimum Gasteiger partial charge on any atom is -0.389 e. The van der Waals surface area contributed by atoms with Gasteiger partial charge in [-0.2, -0.15) is 10.5 Å². The van der Waals surface area contributed by atoms with Gasteiger partial charge in [-0.25, -0.2) is 0 Å². The lowest BCUT2D eigenvalue weighted by Gasteiger charge is -2.26. The molecule has 210 valence electrons. The molecule has 0 aromatic heterocycles. The van der Waals surface area contributed by atoms with E-state index < -0.39 is 12.2 Å². The fourth-order valence-electron chi connectivity index (χ4n) is 4.94. The van der Waals surface area contributed by atoms with Gasteiger partial charge in [0.1, 0.15) is 17.7 Å². The second kappa shape index (κ2) is 13.0. The highest BCUT2D eigenvalue weighted by Gasteiger charge is 2.14. The van der Waals surface area contributed by atoms with Crippen molar-refractivity contribution in [3.63, 3.8) is 0 Å². The minimum atomic E-state index is -0.506. The smallest absolute Gasteiger partial charge is 0.130 e. The van der Waals surface area contributed by atoms with Crippen molar-refractivity contribution in [2.75, 3.05) is 4.90 Å². The van der Waals surface area contributed by atoms with Gasteiger partial charge in [0, 0.05) is 17.1 Å². The normalized spacial score (nSPS) is 12.0. The van der Waals surface area contributed by atoms with Crippen LogP contribution in [0, 0.1) is 22.7 Å². The van der Waals surface area contributed by atoms with E-state index in [0.717, 1.165) is 56.0 Å². The second-order valence-corrected chi connectivity index (χ2v) is 10.4. The van der Waals surface area contributed by atoms with Gasteiger partial charge in [-0.3, -0.25) is 0 Å². The van der Waals surface area contributed by atoms with Crippen molar-refractivity contribution in [2.45, 2.75) is 26.1 Å². The highest BCUT2D eigenvalue weighted by Crippen LogP contribution is 2.37. The van der Waals surface area contributed by atoms with Crippen LogP contribution in [-0.2, 0) is 0 Å². The average molecular weight is 562 g/mol. The lowest BCUT2D eigenvalue weighted by Crippen LogP contribution is -2.09. The molecule has 0 radical (unpaired) electrons. The van der Waals surface area contributed by atoms with Crippen molar-refractivity contribution in [1.82, 2.24) is 0 Å². The van der Waals surface area contributed by atoms with Gasteiger partial charge in [0.25, 0.3) is 0 Å². The summed E-state index contributed by atoms with van der Waals surface area (Å²) in [5, 5.41) is 38.0. The molecule has 0 spiro atoms. The van der Waals surface area contributed by atoms with Gasteiger partial charge >= 0.3 is 0 Å². The fourth-order valence-corrected chi connectivity index (χ4v) is 4.94. The third-order valence-electron chi connectivity index (χ3n) is 7.41. The van der Waals surface area contributed by atoms with Gasteiger partial charge in [-0.1, -0.05) is 84.9 Å². The van der Waals surface area contributed by atoms with Gasteiger partial charge in [0.2, 0.25) is 0 Å². The largest absolute Gasteiger partial charge is 0.389 e. The summed E-state index contributed by atoms with van der Waals surface area (Å²) in [6, 6.07) is 44.1. The molecule has 0 heterocycles. The van der Waals surface area contributed by atoms with E-state index in [1.54, 1.807) is 19.9 Å². The van der Waals surface area contributed by atoms with Crippen molar-refractivity contribution in [2.24, 2.45) is 0 Å². The molecule has 2 unspecified atom stereocenters. The average Bonchev–Trinajstić information content (AvgIpc) is 3.05. The van der Waals surface area contributed by atoms with Crippen molar-refractivity contribution in [3.05, 3.63) is 144 Å². The third kappa shape index (κ3) is 6.72. The van der Waals surface area contributed by atoms with Gasteiger partial charge in [0.05, 0.1) is 12.2 Å². The van der Waals surface area contributed by atoms with Crippen LogP contribution in [0.2, 0.25) is 0 Å².